The molecule has 3 rings (SSSR count). The molecule has 1 N–H and O–H groups in total. The number of aryl methyl sites for hydroxylation is 1. The van der Waals surface area contributed by atoms with Crippen molar-refractivity contribution in [2.24, 2.45) is 0 Å². The molecule has 0 radical (unpaired) electrons. The van der Waals surface area contributed by atoms with Crippen LogP contribution in [0.3, 0.4) is 0 Å². The number of carboxylic acid groups (broad SMARTS) is 1. The first-order valence-electron chi connectivity index (χ1n) is 11.6. The van der Waals surface area contributed by atoms with Gasteiger partial charge in [-0.2, -0.15) is 0 Å². The highest BCUT2D eigenvalue weighted by atomic mass is 19.2. The summed E-state index contributed by atoms with van der Waals surface area (Å²) in [6, 6.07) is 3.52. The third-order valence-corrected chi connectivity index (χ3v) is 5.75. The summed E-state index contributed by atoms with van der Waals surface area (Å²) < 4.78 is 33.2. The predicted molar refractivity (Wildman–Crippen MR) is 125 cm³/mol. The first-order valence-corrected chi connectivity index (χ1v) is 11.6. The topological polar surface area (TPSA) is 113 Å². The van der Waals surface area contributed by atoms with Gasteiger partial charge in [0, 0.05) is 37.3 Å². The number of hydrogen-bond acceptors (Lipinski definition) is 6. The van der Waals surface area contributed by atoms with E-state index in [0.717, 1.165) is 11.0 Å². The Morgan fingerprint density at radius 3 is 2.44 bits per heavy atom. The average molecular weight is 505 g/mol. The summed E-state index contributed by atoms with van der Waals surface area (Å²) in [5.41, 5.74) is -0.305. The van der Waals surface area contributed by atoms with Crippen molar-refractivity contribution in [1.29, 1.82) is 0 Å². The fraction of sp³-hybridized carbons (Fsp3) is 0.480. The fourth-order valence-electron chi connectivity index (χ4n) is 3.95. The van der Waals surface area contributed by atoms with E-state index in [1.54, 1.807) is 11.8 Å². The van der Waals surface area contributed by atoms with E-state index in [-0.39, 0.29) is 23.1 Å². The monoisotopic (exact) mass is 504 g/mol. The Hall–Kier alpha value is -3.63. The van der Waals surface area contributed by atoms with Crippen LogP contribution in [0.4, 0.5) is 13.6 Å². The molecule has 1 aliphatic heterocycles. The zero-order valence-corrected chi connectivity index (χ0v) is 20.8. The molecule has 2 aromatic rings. The Kier molecular flexibility index (Phi) is 8.21. The van der Waals surface area contributed by atoms with E-state index in [4.69, 9.17) is 4.74 Å². The van der Waals surface area contributed by atoms with E-state index in [0.29, 0.717) is 37.4 Å². The summed E-state index contributed by atoms with van der Waals surface area (Å²) in [6.45, 7) is 6.85. The van der Waals surface area contributed by atoms with Gasteiger partial charge < -0.3 is 19.6 Å². The molecule has 194 valence electrons. The average Bonchev–Trinajstić information content (AvgIpc) is 2.79. The Balaban J connectivity index is 1.72. The second-order valence-electron chi connectivity index (χ2n) is 9.74. The van der Waals surface area contributed by atoms with E-state index < -0.39 is 42.2 Å². The summed E-state index contributed by atoms with van der Waals surface area (Å²) in [5, 5.41) is 9.26. The van der Waals surface area contributed by atoms with Crippen molar-refractivity contribution in [3.8, 4) is 0 Å². The predicted octanol–water partition coefficient (Wildman–Crippen LogP) is 3.90. The number of likely N-dealkylation sites (tertiary alicyclic amines) is 1. The molecule has 1 aromatic heterocycles. The van der Waals surface area contributed by atoms with Crippen LogP contribution in [-0.2, 0) is 16.1 Å². The molecular formula is C25H30F2N4O5. The zero-order chi connectivity index (χ0) is 26.6. The second kappa shape index (κ2) is 11.0. The van der Waals surface area contributed by atoms with Crippen LogP contribution in [-0.4, -0.2) is 68.1 Å². The van der Waals surface area contributed by atoms with Crippen LogP contribution < -0.4 is 0 Å². The number of carbonyl (C=O) groups is 3. The highest BCUT2D eigenvalue weighted by Gasteiger charge is 2.30. The molecule has 1 aromatic carbocycles. The number of nitrogens with zero attached hydrogens (tertiary/aromatic N) is 4. The van der Waals surface area contributed by atoms with Gasteiger partial charge in [-0.25, -0.2) is 23.5 Å². The molecule has 0 spiro atoms. The SMILES string of the molecule is Cc1nc(C2CCN(C(=O)OC(C)(C)C)CC2)ncc1C(=O)N(CC(=O)O)Cc1cccc(F)c1F. The lowest BCUT2D eigenvalue weighted by molar-refractivity contribution is -0.137. The van der Waals surface area contributed by atoms with Crippen LogP contribution >= 0.6 is 0 Å². The van der Waals surface area contributed by atoms with Crippen molar-refractivity contribution in [3.63, 3.8) is 0 Å². The smallest absolute Gasteiger partial charge is 0.410 e. The minimum absolute atomic E-state index is 0.0250. The molecule has 0 atom stereocenters. The lowest BCUT2D eigenvalue weighted by Gasteiger charge is -2.33. The van der Waals surface area contributed by atoms with Crippen molar-refractivity contribution in [1.82, 2.24) is 19.8 Å². The maximum Gasteiger partial charge on any atom is 0.410 e. The number of ether oxygens (including phenoxy) is 1. The normalized spacial score (nSPS) is 14.4. The molecule has 0 bridgehead atoms. The number of benzene rings is 1. The number of aliphatic carboxylic acids is 1. The highest BCUT2D eigenvalue weighted by molar-refractivity contribution is 5.96. The Labute approximate surface area is 208 Å². The summed E-state index contributed by atoms with van der Waals surface area (Å²) in [4.78, 5) is 48.1. The lowest BCUT2D eigenvalue weighted by Crippen LogP contribution is -2.41. The standard InChI is InChI=1S/C25H30F2N4O5/c1-15-18(23(34)31(14-20(32)33)13-17-6-5-7-19(26)21(17)27)12-28-22(29-15)16-8-10-30(11-9-16)24(35)36-25(2,3)4/h5-7,12,16H,8-11,13-14H2,1-4H3,(H,32,33). The first-order chi connectivity index (χ1) is 16.9. The number of carboxylic acids is 1. The third-order valence-electron chi connectivity index (χ3n) is 5.75. The third kappa shape index (κ3) is 6.73. The van der Waals surface area contributed by atoms with Gasteiger partial charge in [-0.3, -0.25) is 9.59 Å². The largest absolute Gasteiger partial charge is 0.480 e. The van der Waals surface area contributed by atoms with Gasteiger partial charge in [0.05, 0.1) is 11.3 Å². The quantitative estimate of drug-likeness (QED) is 0.635. The molecule has 2 heterocycles. The summed E-state index contributed by atoms with van der Waals surface area (Å²) in [5.74, 6) is -3.73. The summed E-state index contributed by atoms with van der Waals surface area (Å²) >= 11 is 0. The van der Waals surface area contributed by atoms with Crippen LogP contribution in [0.2, 0.25) is 0 Å². The maximum absolute atomic E-state index is 14.1. The molecular weight excluding hydrogens is 474 g/mol. The van der Waals surface area contributed by atoms with Crippen LogP contribution in [0.15, 0.2) is 24.4 Å². The molecule has 1 aliphatic rings. The van der Waals surface area contributed by atoms with Crippen molar-refractivity contribution in [2.45, 2.75) is 58.6 Å². The number of halogens is 2. The van der Waals surface area contributed by atoms with Gasteiger partial charge in [0.15, 0.2) is 11.6 Å². The second-order valence-corrected chi connectivity index (χ2v) is 9.74. The minimum Gasteiger partial charge on any atom is -0.480 e. The molecule has 9 nitrogen and oxygen atoms in total. The van der Waals surface area contributed by atoms with Crippen LogP contribution in [0.1, 0.15) is 67.0 Å². The van der Waals surface area contributed by atoms with Crippen molar-refractivity contribution in [3.05, 3.63) is 58.7 Å². The van der Waals surface area contributed by atoms with Gasteiger partial charge in [-0.15, -0.1) is 0 Å². The van der Waals surface area contributed by atoms with E-state index in [9.17, 15) is 28.3 Å². The molecule has 2 amide bonds. The lowest BCUT2D eigenvalue weighted by atomic mass is 9.96. The van der Waals surface area contributed by atoms with E-state index in [1.807, 2.05) is 20.8 Å². The van der Waals surface area contributed by atoms with Gasteiger partial charge in [-0.05, 0) is 46.6 Å². The molecule has 11 heteroatoms. The first kappa shape index (κ1) is 27.0. The fourth-order valence-corrected chi connectivity index (χ4v) is 3.95. The van der Waals surface area contributed by atoms with Crippen molar-refractivity contribution >= 4 is 18.0 Å². The van der Waals surface area contributed by atoms with E-state index >= 15 is 0 Å². The minimum atomic E-state index is -1.30. The van der Waals surface area contributed by atoms with Gasteiger partial charge in [0.25, 0.3) is 5.91 Å². The van der Waals surface area contributed by atoms with Gasteiger partial charge in [-0.1, -0.05) is 12.1 Å². The number of hydrogen-bond donors (Lipinski definition) is 1. The Morgan fingerprint density at radius 1 is 1.19 bits per heavy atom. The van der Waals surface area contributed by atoms with E-state index in [1.165, 1.54) is 18.3 Å². The maximum atomic E-state index is 14.1. The molecule has 0 unspecified atom stereocenters. The zero-order valence-electron chi connectivity index (χ0n) is 20.8. The number of aromatic nitrogens is 2. The molecule has 36 heavy (non-hydrogen) atoms. The van der Waals surface area contributed by atoms with E-state index in [2.05, 4.69) is 9.97 Å². The Bertz CT molecular complexity index is 1140. The number of piperidine rings is 1. The summed E-state index contributed by atoms with van der Waals surface area (Å²) in [7, 11) is 0. The number of amides is 2. The van der Waals surface area contributed by atoms with Crippen molar-refractivity contribution in [2.75, 3.05) is 19.6 Å². The van der Waals surface area contributed by atoms with Crippen LogP contribution in [0.25, 0.3) is 0 Å². The van der Waals surface area contributed by atoms with Gasteiger partial charge in [0.2, 0.25) is 0 Å². The molecule has 0 saturated carbocycles. The molecule has 1 saturated heterocycles. The highest BCUT2D eigenvalue weighted by Crippen LogP contribution is 2.27. The Morgan fingerprint density at radius 2 is 1.86 bits per heavy atom. The summed E-state index contributed by atoms with van der Waals surface area (Å²) in [6.07, 6.45) is 2.20. The number of rotatable bonds is 6. The number of carbonyl (C=O) groups excluding carboxylic acids is 2. The van der Waals surface area contributed by atoms with Crippen molar-refractivity contribution < 1.29 is 33.0 Å². The van der Waals surface area contributed by atoms with Crippen LogP contribution in [0.5, 0.6) is 0 Å². The van der Waals surface area contributed by atoms with Crippen LogP contribution in [0, 0.1) is 18.6 Å². The van der Waals surface area contributed by atoms with Gasteiger partial charge >= 0.3 is 12.1 Å². The van der Waals surface area contributed by atoms with Gasteiger partial charge in [0.1, 0.15) is 18.0 Å². The molecule has 1 fully saturated rings. The molecule has 0 aliphatic carbocycles.